The van der Waals surface area contributed by atoms with E-state index >= 15 is 0 Å². The third-order valence-corrected chi connectivity index (χ3v) is 6.71. The number of halogens is 3. The number of benzene rings is 2. The number of β-amino-alcohol motifs (C(OH)–C–C–N with tert-alkyl or cyclic N) is 1. The van der Waals surface area contributed by atoms with Crippen LogP contribution in [0.25, 0.3) is 10.9 Å². The highest BCUT2D eigenvalue weighted by atomic mass is 19.3. The van der Waals surface area contributed by atoms with Gasteiger partial charge in [0.1, 0.15) is 28.8 Å². The zero-order valence-electron chi connectivity index (χ0n) is 19.5. The van der Waals surface area contributed by atoms with Crippen LogP contribution in [-0.4, -0.2) is 45.6 Å². The number of nitrogens with zero attached hydrogens (tertiary/aromatic N) is 3. The second-order valence-electron chi connectivity index (χ2n) is 9.17. The Hall–Kier alpha value is -3.40. The third-order valence-electron chi connectivity index (χ3n) is 6.71. The van der Waals surface area contributed by atoms with Gasteiger partial charge in [0.05, 0.1) is 36.8 Å². The van der Waals surface area contributed by atoms with Crippen molar-refractivity contribution in [3.8, 4) is 5.75 Å². The lowest BCUT2D eigenvalue weighted by Gasteiger charge is -2.46. The number of ether oxygens (including phenoxy) is 1. The number of likely N-dealkylation sites (tertiary alicyclic amines) is 1. The molecule has 0 bridgehead atoms. The van der Waals surface area contributed by atoms with E-state index in [1.54, 1.807) is 19.9 Å². The van der Waals surface area contributed by atoms with Crippen molar-refractivity contribution >= 4 is 22.6 Å². The van der Waals surface area contributed by atoms with E-state index in [0.29, 0.717) is 46.9 Å². The lowest BCUT2D eigenvalue weighted by Crippen LogP contribution is -2.60. The standard InChI is InChI=1S/C25H25F3N4O3/c1-12(15-5-4-6-16(20(15)26)23(27)28)29-24-18-9-19(25(34)10-32(11-25)14(3)33)22-17(7-8-35-22)21(18)30-13(2)31-24/h4-6,9,12,23,34H,7-8,10-11H2,1-3H3,(H,29,30,31)/t12-/m1/s1. The normalized spacial score (nSPS) is 17.2. The first-order chi connectivity index (χ1) is 16.6. The van der Waals surface area contributed by atoms with Crippen LogP contribution in [0.2, 0.25) is 0 Å². The van der Waals surface area contributed by atoms with Gasteiger partial charge in [0.2, 0.25) is 5.91 Å². The van der Waals surface area contributed by atoms with Crippen molar-refractivity contribution in [2.24, 2.45) is 0 Å². The molecule has 1 amide bonds. The predicted octanol–water partition coefficient (Wildman–Crippen LogP) is 4.17. The summed E-state index contributed by atoms with van der Waals surface area (Å²) in [5.41, 5.74) is 0.186. The largest absolute Gasteiger partial charge is 0.492 e. The summed E-state index contributed by atoms with van der Waals surface area (Å²) in [4.78, 5) is 22.4. The zero-order valence-corrected chi connectivity index (χ0v) is 19.5. The summed E-state index contributed by atoms with van der Waals surface area (Å²) in [5.74, 6) is 0.345. The fourth-order valence-electron chi connectivity index (χ4n) is 4.87. The molecule has 0 spiro atoms. The van der Waals surface area contributed by atoms with E-state index in [1.165, 1.54) is 24.0 Å². The van der Waals surface area contributed by atoms with Crippen molar-refractivity contribution in [3.05, 3.63) is 58.2 Å². The van der Waals surface area contributed by atoms with Crippen LogP contribution in [0.4, 0.5) is 19.0 Å². The minimum Gasteiger partial charge on any atom is -0.492 e. The number of aryl methyl sites for hydroxylation is 1. The van der Waals surface area contributed by atoms with E-state index in [-0.39, 0.29) is 24.6 Å². The number of alkyl halides is 2. The highest BCUT2D eigenvalue weighted by molar-refractivity contribution is 5.94. The summed E-state index contributed by atoms with van der Waals surface area (Å²) >= 11 is 0. The van der Waals surface area contributed by atoms with E-state index < -0.39 is 29.4 Å². The first kappa shape index (κ1) is 23.3. The summed E-state index contributed by atoms with van der Waals surface area (Å²) in [7, 11) is 0. The molecule has 3 aromatic rings. The molecule has 2 N–H and O–H groups in total. The van der Waals surface area contributed by atoms with Gasteiger partial charge in [-0.05, 0) is 19.9 Å². The average molecular weight is 486 g/mol. The second-order valence-corrected chi connectivity index (χ2v) is 9.17. The second kappa shape index (κ2) is 8.37. The molecular weight excluding hydrogens is 461 g/mol. The molecule has 3 heterocycles. The molecule has 1 saturated heterocycles. The highest BCUT2D eigenvalue weighted by Crippen LogP contribution is 2.45. The summed E-state index contributed by atoms with van der Waals surface area (Å²) in [6, 6.07) is 4.99. The number of fused-ring (bicyclic) bond motifs is 3. The Morgan fingerprint density at radius 2 is 1.97 bits per heavy atom. The van der Waals surface area contributed by atoms with Gasteiger partial charge >= 0.3 is 0 Å². The monoisotopic (exact) mass is 486 g/mol. The van der Waals surface area contributed by atoms with Crippen LogP contribution in [0, 0.1) is 12.7 Å². The van der Waals surface area contributed by atoms with Gasteiger partial charge < -0.3 is 20.1 Å². The molecule has 5 rings (SSSR count). The molecule has 2 aliphatic heterocycles. The molecule has 0 unspecified atom stereocenters. The first-order valence-electron chi connectivity index (χ1n) is 11.4. The Morgan fingerprint density at radius 3 is 2.66 bits per heavy atom. The molecule has 1 atom stereocenters. The number of hydrogen-bond acceptors (Lipinski definition) is 6. The Kier molecular flexibility index (Phi) is 5.58. The van der Waals surface area contributed by atoms with Crippen LogP contribution in [-0.2, 0) is 16.8 Å². The van der Waals surface area contributed by atoms with Crippen molar-refractivity contribution < 1.29 is 27.8 Å². The maximum atomic E-state index is 14.8. The Bertz CT molecular complexity index is 1340. The fraction of sp³-hybridized carbons (Fsp3) is 0.400. The topological polar surface area (TPSA) is 87.6 Å². The number of nitrogens with one attached hydrogen (secondary N) is 1. The first-order valence-corrected chi connectivity index (χ1v) is 11.4. The van der Waals surface area contributed by atoms with Gasteiger partial charge in [-0.1, -0.05) is 18.2 Å². The van der Waals surface area contributed by atoms with Crippen molar-refractivity contribution in [2.45, 2.75) is 45.3 Å². The third kappa shape index (κ3) is 3.85. The molecule has 184 valence electrons. The number of anilines is 1. The number of hydrogen-bond donors (Lipinski definition) is 2. The van der Waals surface area contributed by atoms with E-state index in [9.17, 15) is 23.1 Å². The van der Waals surface area contributed by atoms with Gasteiger partial charge in [0.25, 0.3) is 6.43 Å². The SMILES string of the molecule is CC(=O)N1CC(O)(c2cc3c(N[C@H](C)c4cccc(C(F)F)c4F)nc(C)nc3c3c2OCC3)C1. The molecule has 2 aromatic carbocycles. The number of aromatic nitrogens is 2. The molecule has 0 aliphatic carbocycles. The lowest BCUT2D eigenvalue weighted by molar-refractivity contribution is -0.155. The van der Waals surface area contributed by atoms with Gasteiger partial charge in [-0.15, -0.1) is 0 Å². The number of aliphatic hydroxyl groups is 1. The average Bonchev–Trinajstić information content (AvgIpc) is 3.26. The lowest BCUT2D eigenvalue weighted by atomic mass is 9.83. The van der Waals surface area contributed by atoms with Crippen LogP contribution in [0.1, 0.15) is 54.4 Å². The molecule has 35 heavy (non-hydrogen) atoms. The molecule has 1 fully saturated rings. The van der Waals surface area contributed by atoms with Crippen LogP contribution in [0.5, 0.6) is 5.75 Å². The molecule has 0 saturated carbocycles. The van der Waals surface area contributed by atoms with Crippen LogP contribution in [0.15, 0.2) is 24.3 Å². The van der Waals surface area contributed by atoms with Crippen molar-refractivity contribution in [3.63, 3.8) is 0 Å². The van der Waals surface area contributed by atoms with E-state index in [4.69, 9.17) is 4.74 Å². The van der Waals surface area contributed by atoms with Crippen molar-refractivity contribution in [2.75, 3.05) is 25.0 Å². The van der Waals surface area contributed by atoms with Crippen LogP contribution in [0.3, 0.4) is 0 Å². The van der Waals surface area contributed by atoms with Gasteiger partial charge in [0.15, 0.2) is 0 Å². The minimum absolute atomic E-state index is 0.0895. The molecule has 1 aromatic heterocycles. The Morgan fingerprint density at radius 1 is 1.26 bits per heavy atom. The van der Waals surface area contributed by atoms with Gasteiger partial charge in [-0.3, -0.25) is 4.79 Å². The molecule has 0 radical (unpaired) electrons. The maximum Gasteiger partial charge on any atom is 0.266 e. The van der Waals surface area contributed by atoms with Gasteiger partial charge in [-0.25, -0.2) is 23.1 Å². The summed E-state index contributed by atoms with van der Waals surface area (Å²) in [6.07, 6.45) is -2.34. The molecular formula is C25H25F3N4O3. The maximum absolute atomic E-state index is 14.8. The number of carbonyl (C=O) groups is 1. The number of carbonyl (C=O) groups excluding carboxylic acids is 1. The van der Waals surface area contributed by atoms with Gasteiger partial charge in [0, 0.05) is 35.4 Å². The summed E-state index contributed by atoms with van der Waals surface area (Å²) in [6.45, 7) is 5.55. The van der Waals surface area contributed by atoms with E-state index in [2.05, 4.69) is 15.3 Å². The van der Waals surface area contributed by atoms with Crippen LogP contribution >= 0.6 is 0 Å². The molecule has 10 heteroatoms. The smallest absolute Gasteiger partial charge is 0.266 e. The van der Waals surface area contributed by atoms with Crippen molar-refractivity contribution in [1.29, 1.82) is 0 Å². The summed E-state index contributed by atoms with van der Waals surface area (Å²) < 4.78 is 47.1. The van der Waals surface area contributed by atoms with E-state index in [1.807, 2.05) is 0 Å². The summed E-state index contributed by atoms with van der Waals surface area (Å²) in [5, 5.41) is 15.1. The predicted molar refractivity (Wildman–Crippen MR) is 123 cm³/mol. The van der Waals surface area contributed by atoms with E-state index in [0.717, 1.165) is 11.6 Å². The van der Waals surface area contributed by atoms with Crippen LogP contribution < -0.4 is 10.1 Å². The van der Waals surface area contributed by atoms with Crippen molar-refractivity contribution in [1.82, 2.24) is 14.9 Å². The Labute approximate surface area is 199 Å². The fourth-order valence-corrected chi connectivity index (χ4v) is 4.87. The molecule has 7 nitrogen and oxygen atoms in total. The quantitative estimate of drug-likeness (QED) is 0.563. The number of rotatable bonds is 5. The Balaban J connectivity index is 1.60. The number of amides is 1. The zero-order chi connectivity index (χ0) is 25.1. The molecule has 2 aliphatic rings. The van der Waals surface area contributed by atoms with Gasteiger partial charge in [-0.2, -0.15) is 0 Å². The highest BCUT2D eigenvalue weighted by Gasteiger charge is 2.47. The minimum atomic E-state index is -2.92.